The van der Waals surface area contributed by atoms with Gasteiger partial charge in [-0.15, -0.1) is 4.91 Å². The number of aliphatic carboxylic acids is 1. The first-order valence-corrected chi connectivity index (χ1v) is 3.64. The molecule has 1 fully saturated rings. The van der Waals surface area contributed by atoms with E-state index in [9.17, 15) is 18.5 Å². The lowest BCUT2D eigenvalue weighted by atomic mass is 10.1. The summed E-state index contributed by atoms with van der Waals surface area (Å²) in [6, 6.07) is -0.981. The monoisotopic (exact) mass is 194 g/mol. The second kappa shape index (κ2) is 3.23. The van der Waals surface area contributed by atoms with E-state index in [-0.39, 0.29) is 0 Å². The largest absolute Gasteiger partial charge is 0.481 e. The summed E-state index contributed by atoms with van der Waals surface area (Å²) in [5, 5.41) is 11.3. The van der Waals surface area contributed by atoms with Crippen molar-refractivity contribution in [3.8, 4) is 0 Å². The van der Waals surface area contributed by atoms with Gasteiger partial charge in [0, 0.05) is 6.42 Å². The van der Waals surface area contributed by atoms with Gasteiger partial charge in [0.25, 0.3) is 5.92 Å². The third-order valence-corrected chi connectivity index (χ3v) is 1.86. The Hall–Kier alpha value is -1.27. The highest BCUT2D eigenvalue weighted by atomic mass is 19.3. The second-order valence-corrected chi connectivity index (χ2v) is 2.99. The van der Waals surface area contributed by atoms with Crippen LogP contribution in [0.3, 0.4) is 0 Å². The van der Waals surface area contributed by atoms with Crippen LogP contribution in [0.4, 0.5) is 8.78 Å². The predicted octanol–water partition coefficient (Wildman–Crippen LogP) is 0.852. The molecule has 0 saturated carbocycles. The summed E-state index contributed by atoms with van der Waals surface area (Å²) < 4.78 is 25.3. The zero-order valence-electron chi connectivity index (χ0n) is 6.61. The fourth-order valence-corrected chi connectivity index (χ4v) is 1.36. The van der Waals surface area contributed by atoms with Crippen molar-refractivity contribution in [2.45, 2.75) is 24.8 Å². The molecule has 74 valence electrons. The molecule has 0 aromatic carbocycles. The van der Waals surface area contributed by atoms with Crippen LogP contribution in [0.1, 0.15) is 12.8 Å². The number of hydrogen-bond acceptors (Lipinski definition) is 3. The van der Waals surface area contributed by atoms with Crippen LogP contribution in [0.25, 0.3) is 0 Å². The first-order chi connectivity index (χ1) is 5.94. The van der Waals surface area contributed by atoms with Gasteiger partial charge in [-0.3, -0.25) is 9.80 Å². The quantitative estimate of drug-likeness (QED) is 0.676. The van der Waals surface area contributed by atoms with E-state index in [0.29, 0.717) is 5.01 Å². The predicted molar refractivity (Wildman–Crippen MR) is 38.1 cm³/mol. The summed E-state index contributed by atoms with van der Waals surface area (Å²) in [6.07, 6.45) is -1.10. The zero-order valence-corrected chi connectivity index (χ0v) is 6.61. The Labute approximate surface area is 72.3 Å². The minimum Gasteiger partial charge on any atom is -0.481 e. The molecule has 0 aromatic heterocycles. The van der Waals surface area contributed by atoms with E-state index in [1.165, 1.54) is 0 Å². The summed E-state index contributed by atoms with van der Waals surface area (Å²) in [4.78, 5) is 20.2. The molecular formula is C6H8F2N2O3. The molecule has 5 nitrogen and oxygen atoms in total. The molecule has 1 unspecified atom stereocenters. The fraction of sp³-hybridized carbons (Fsp3) is 0.833. The molecule has 0 bridgehead atoms. The van der Waals surface area contributed by atoms with Crippen LogP contribution in [0.15, 0.2) is 5.29 Å². The average molecular weight is 194 g/mol. The molecule has 1 aliphatic rings. The molecule has 1 aliphatic heterocycles. The van der Waals surface area contributed by atoms with Crippen molar-refractivity contribution in [1.82, 2.24) is 5.01 Å². The van der Waals surface area contributed by atoms with Crippen molar-refractivity contribution in [2.24, 2.45) is 5.29 Å². The first-order valence-electron chi connectivity index (χ1n) is 3.64. The Morgan fingerprint density at radius 3 is 2.77 bits per heavy atom. The van der Waals surface area contributed by atoms with E-state index >= 15 is 0 Å². The molecule has 0 radical (unpaired) electrons. The number of nitroso groups, excluding NO2 is 1. The maximum atomic E-state index is 12.6. The number of halogens is 2. The highest BCUT2D eigenvalue weighted by molar-refractivity contribution is 5.67. The SMILES string of the molecule is O=NN1CC(F)(F)CC1CC(=O)O. The summed E-state index contributed by atoms with van der Waals surface area (Å²) in [7, 11) is 0. The highest BCUT2D eigenvalue weighted by Gasteiger charge is 2.46. The zero-order chi connectivity index (χ0) is 10.1. The molecule has 1 heterocycles. The smallest absolute Gasteiger partial charge is 0.305 e. The molecular weight excluding hydrogens is 186 g/mol. The molecule has 1 N–H and O–H groups in total. The van der Waals surface area contributed by atoms with Crippen molar-refractivity contribution in [1.29, 1.82) is 0 Å². The number of carbonyl (C=O) groups is 1. The van der Waals surface area contributed by atoms with Crippen LogP contribution < -0.4 is 0 Å². The number of carboxylic acid groups (broad SMARTS) is 1. The Morgan fingerprint density at radius 2 is 2.31 bits per heavy atom. The summed E-state index contributed by atoms with van der Waals surface area (Å²) in [6.45, 7) is -0.783. The molecule has 0 aliphatic carbocycles. The number of carboxylic acids is 1. The summed E-state index contributed by atoms with van der Waals surface area (Å²) in [5.41, 5.74) is 0. The van der Waals surface area contributed by atoms with E-state index in [4.69, 9.17) is 5.11 Å². The van der Waals surface area contributed by atoms with Crippen molar-refractivity contribution in [2.75, 3.05) is 6.54 Å². The number of nitrogens with zero attached hydrogens (tertiary/aromatic N) is 2. The van der Waals surface area contributed by atoms with Crippen LogP contribution in [0.2, 0.25) is 0 Å². The highest BCUT2D eigenvalue weighted by Crippen LogP contribution is 2.33. The molecule has 1 rings (SSSR count). The molecule has 1 saturated heterocycles. The molecule has 0 spiro atoms. The maximum Gasteiger partial charge on any atom is 0.305 e. The minimum absolute atomic E-state index is 0.485. The van der Waals surface area contributed by atoms with E-state index < -0.39 is 37.3 Å². The van der Waals surface area contributed by atoms with Crippen LogP contribution in [-0.2, 0) is 4.79 Å². The van der Waals surface area contributed by atoms with Crippen molar-refractivity contribution in [3.05, 3.63) is 4.91 Å². The van der Waals surface area contributed by atoms with Crippen LogP contribution in [-0.4, -0.2) is 34.6 Å². The number of hydrogen-bond donors (Lipinski definition) is 1. The summed E-state index contributed by atoms with van der Waals surface area (Å²) >= 11 is 0. The normalized spacial score (nSPS) is 26.0. The number of rotatable bonds is 3. The van der Waals surface area contributed by atoms with Gasteiger partial charge in [0.1, 0.15) is 6.54 Å². The summed E-state index contributed by atoms with van der Waals surface area (Å²) in [5.74, 6) is -4.22. The van der Waals surface area contributed by atoms with Gasteiger partial charge in [0.15, 0.2) is 0 Å². The molecule has 1 atom stereocenters. The van der Waals surface area contributed by atoms with Gasteiger partial charge in [0.2, 0.25) is 0 Å². The van der Waals surface area contributed by atoms with E-state index in [2.05, 4.69) is 5.29 Å². The van der Waals surface area contributed by atoms with E-state index in [1.807, 2.05) is 0 Å². The van der Waals surface area contributed by atoms with Crippen LogP contribution >= 0.6 is 0 Å². The lowest BCUT2D eigenvalue weighted by Gasteiger charge is -2.13. The van der Waals surface area contributed by atoms with Crippen molar-refractivity contribution in [3.63, 3.8) is 0 Å². The van der Waals surface area contributed by atoms with Gasteiger partial charge in [-0.05, 0) is 0 Å². The van der Waals surface area contributed by atoms with Gasteiger partial charge < -0.3 is 5.11 Å². The van der Waals surface area contributed by atoms with Gasteiger partial charge in [-0.1, -0.05) is 0 Å². The maximum absolute atomic E-state index is 12.6. The topological polar surface area (TPSA) is 70.0 Å². The van der Waals surface area contributed by atoms with E-state index in [1.54, 1.807) is 0 Å². The third kappa shape index (κ3) is 2.33. The second-order valence-electron chi connectivity index (χ2n) is 2.99. The standard InChI is InChI=1S/C6H8F2N2O3/c7-6(8)2-4(1-5(11)12)10(3-6)9-13/h4H,1-3H2,(H,11,12). The fourth-order valence-electron chi connectivity index (χ4n) is 1.36. The average Bonchev–Trinajstić information content (AvgIpc) is 2.24. The van der Waals surface area contributed by atoms with Crippen molar-refractivity contribution >= 4 is 5.97 Å². The van der Waals surface area contributed by atoms with Gasteiger partial charge in [-0.25, -0.2) is 8.78 Å². The Bertz CT molecular complexity index is 234. The Morgan fingerprint density at radius 1 is 1.69 bits per heavy atom. The number of alkyl halides is 2. The third-order valence-electron chi connectivity index (χ3n) is 1.86. The molecule has 0 amide bonds. The lowest BCUT2D eigenvalue weighted by molar-refractivity contribution is -0.138. The molecule has 13 heavy (non-hydrogen) atoms. The Kier molecular flexibility index (Phi) is 2.44. The van der Waals surface area contributed by atoms with Crippen LogP contribution in [0, 0.1) is 4.91 Å². The van der Waals surface area contributed by atoms with Gasteiger partial charge in [0.05, 0.1) is 17.7 Å². The van der Waals surface area contributed by atoms with Crippen LogP contribution in [0.5, 0.6) is 0 Å². The van der Waals surface area contributed by atoms with E-state index in [0.717, 1.165) is 0 Å². The molecule has 7 heteroatoms. The molecule has 0 aromatic rings. The Balaban J connectivity index is 2.63. The van der Waals surface area contributed by atoms with Gasteiger partial charge >= 0.3 is 5.97 Å². The minimum atomic E-state index is -3.01. The lowest BCUT2D eigenvalue weighted by Crippen LogP contribution is -2.26. The van der Waals surface area contributed by atoms with Gasteiger partial charge in [-0.2, -0.15) is 0 Å². The first kappa shape index (κ1) is 9.82. The van der Waals surface area contributed by atoms with Crippen molar-refractivity contribution < 1.29 is 18.7 Å².